The van der Waals surface area contributed by atoms with E-state index in [1.165, 1.54) is 11.6 Å². The number of alkyl halides is 3. The molecule has 4 rings (SSSR count). The largest absolute Gasteiger partial charge is 0.391 e. The van der Waals surface area contributed by atoms with Crippen LogP contribution < -0.4 is 15.1 Å². The molecule has 0 saturated carbocycles. The van der Waals surface area contributed by atoms with Crippen molar-refractivity contribution < 1.29 is 22.8 Å². The van der Waals surface area contributed by atoms with Crippen molar-refractivity contribution in [2.75, 3.05) is 28.2 Å². The lowest BCUT2D eigenvalue weighted by Crippen LogP contribution is -2.56. The molecule has 0 spiro atoms. The molecule has 1 N–H and O–H groups in total. The SMILES string of the molecule is CC[C@H](C)CCc1ccc(NC(=O)N2c3nc(C(=O)C[C@H](C)C(F)(F)F)ccc3N3CCC[C@H]2C3)cc1. The number of carbonyl (C=O) groups is 2. The second-order valence-electron chi connectivity index (χ2n) is 10.4. The molecule has 3 heterocycles. The third kappa shape index (κ3) is 6.25. The van der Waals surface area contributed by atoms with Crippen LogP contribution in [0.4, 0.5) is 35.2 Å². The van der Waals surface area contributed by atoms with Crippen LogP contribution >= 0.6 is 0 Å². The fourth-order valence-electron chi connectivity index (χ4n) is 4.89. The summed E-state index contributed by atoms with van der Waals surface area (Å²) in [6.45, 7) is 6.86. The minimum atomic E-state index is -4.46. The van der Waals surface area contributed by atoms with Gasteiger partial charge in [0.1, 0.15) is 5.69 Å². The highest BCUT2D eigenvalue weighted by Gasteiger charge is 2.40. The second kappa shape index (κ2) is 11.1. The maximum atomic E-state index is 13.5. The minimum absolute atomic E-state index is 0.0560. The molecule has 9 heteroatoms. The van der Waals surface area contributed by atoms with E-state index in [0.29, 0.717) is 29.7 Å². The monoisotopic (exact) mass is 516 g/mol. The minimum Gasteiger partial charge on any atom is -0.366 e. The third-order valence-electron chi connectivity index (χ3n) is 7.57. The van der Waals surface area contributed by atoms with Crippen molar-refractivity contribution in [2.24, 2.45) is 11.8 Å². The van der Waals surface area contributed by atoms with E-state index < -0.39 is 24.3 Å². The Kier molecular flexibility index (Phi) is 8.09. The van der Waals surface area contributed by atoms with Gasteiger partial charge in [0.05, 0.1) is 17.6 Å². The number of pyridine rings is 1. The lowest BCUT2D eigenvalue weighted by atomic mass is 9.98. The molecule has 2 bridgehead atoms. The smallest absolute Gasteiger partial charge is 0.366 e. The molecule has 37 heavy (non-hydrogen) atoms. The maximum absolute atomic E-state index is 13.5. The summed E-state index contributed by atoms with van der Waals surface area (Å²) in [6.07, 6.45) is -0.216. The van der Waals surface area contributed by atoms with Gasteiger partial charge in [-0.25, -0.2) is 9.78 Å². The van der Waals surface area contributed by atoms with Gasteiger partial charge in [0.25, 0.3) is 0 Å². The molecule has 1 aromatic heterocycles. The number of aromatic nitrogens is 1. The Balaban J connectivity index is 1.54. The van der Waals surface area contributed by atoms with E-state index in [-0.39, 0.29) is 17.8 Å². The molecule has 2 amide bonds. The molecule has 1 fully saturated rings. The molecule has 0 radical (unpaired) electrons. The van der Waals surface area contributed by atoms with Gasteiger partial charge in [0.2, 0.25) is 0 Å². The molecule has 0 aliphatic carbocycles. The average Bonchev–Trinajstić information content (AvgIpc) is 2.87. The third-order valence-corrected chi connectivity index (χ3v) is 7.57. The topological polar surface area (TPSA) is 65.5 Å². The first-order valence-corrected chi connectivity index (χ1v) is 13.1. The molecular weight excluding hydrogens is 481 g/mol. The summed E-state index contributed by atoms with van der Waals surface area (Å²) >= 11 is 0. The molecule has 6 nitrogen and oxygen atoms in total. The normalized spacial score (nSPS) is 18.7. The highest BCUT2D eigenvalue weighted by molar-refractivity contribution is 6.05. The fraction of sp³-hybridized carbons (Fsp3) is 0.536. The number of Topliss-reactive ketones (excluding diaryl/α,β-unsaturated/α-hetero) is 1. The number of anilines is 3. The van der Waals surface area contributed by atoms with Crippen LogP contribution in [-0.2, 0) is 6.42 Å². The van der Waals surface area contributed by atoms with E-state index >= 15 is 0 Å². The van der Waals surface area contributed by atoms with Crippen LogP contribution in [0, 0.1) is 11.8 Å². The van der Waals surface area contributed by atoms with Gasteiger partial charge in [0, 0.05) is 25.2 Å². The Morgan fingerprint density at radius 2 is 1.86 bits per heavy atom. The first kappa shape index (κ1) is 26.9. The van der Waals surface area contributed by atoms with Gasteiger partial charge in [-0.3, -0.25) is 9.69 Å². The predicted molar refractivity (Wildman–Crippen MR) is 139 cm³/mol. The van der Waals surface area contributed by atoms with Crippen molar-refractivity contribution in [1.29, 1.82) is 0 Å². The Morgan fingerprint density at radius 1 is 1.14 bits per heavy atom. The summed E-state index contributed by atoms with van der Waals surface area (Å²) in [5.74, 6) is -1.47. The van der Waals surface area contributed by atoms with Crippen LogP contribution in [0.15, 0.2) is 36.4 Å². The molecule has 200 valence electrons. The number of benzene rings is 1. The number of aryl methyl sites for hydroxylation is 1. The van der Waals surface area contributed by atoms with Crippen LogP contribution in [0.3, 0.4) is 0 Å². The quantitative estimate of drug-likeness (QED) is 0.390. The van der Waals surface area contributed by atoms with E-state index in [2.05, 4.69) is 29.0 Å². The van der Waals surface area contributed by atoms with Gasteiger partial charge < -0.3 is 10.2 Å². The number of rotatable bonds is 8. The highest BCUT2D eigenvalue weighted by atomic mass is 19.4. The summed E-state index contributed by atoms with van der Waals surface area (Å²) in [5, 5.41) is 2.95. The van der Waals surface area contributed by atoms with E-state index in [1.54, 1.807) is 11.0 Å². The Hall–Kier alpha value is -3.10. The zero-order valence-corrected chi connectivity index (χ0v) is 21.6. The summed E-state index contributed by atoms with van der Waals surface area (Å²) in [7, 11) is 0. The summed E-state index contributed by atoms with van der Waals surface area (Å²) in [6, 6.07) is 10.5. The number of fused-ring (bicyclic) bond motifs is 4. The molecule has 3 atom stereocenters. The lowest BCUT2D eigenvalue weighted by Gasteiger charge is -2.45. The first-order valence-electron chi connectivity index (χ1n) is 13.1. The van der Waals surface area contributed by atoms with Gasteiger partial charge in [-0.05, 0) is 61.4 Å². The average molecular weight is 517 g/mol. The lowest BCUT2D eigenvalue weighted by molar-refractivity contribution is -0.168. The van der Waals surface area contributed by atoms with Crippen LogP contribution in [0.1, 0.15) is 68.9 Å². The summed E-state index contributed by atoms with van der Waals surface area (Å²) in [5.41, 5.74) is 2.53. The zero-order valence-electron chi connectivity index (χ0n) is 21.6. The molecule has 0 unspecified atom stereocenters. The van der Waals surface area contributed by atoms with Crippen molar-refractivity contribution in [3.05, 3.63) is 47.7 Å². The van der Waals surface area contributed by atoms with Crippen LogP contribution in [0.2, 0.25) is 0 Å². The first-order chi connectivity index (χ1) is 17.6. The van der Waals surface area contributed by atoms with Crippen LogP contribution in [0.25, 0.3) is 0 Å². The van der Waals surface area contributed by atoms with Crippen LogP contribution in [0.5, 0.6) is 0 Å². The number of hydrogen-bond acceptors (Lipinski definition) is 4. The molecular formula is C28H35F3N4O2. The summed E-state index contributed by atoms with van der Waals surface area (Å²) in [4.78, 5) is 34.3. The van der Waals surface area contributed by atoms with Gasteiger partial charge >= 0.3 is 12.2 Å². The fourth-order valence-corrected chi connectivity index (χ4v) is 4.89. The van der Waals surface area contributed by atoms with Crippen molar-refractivity contribution in [2.45, 2.75) is 71.5 Å². The number of urea groups is 1. The van der Waals surface area contributed by atoms with Crippen LogP contribution in [-0.4, -0.2) is 42.1 Å². The van der Waals surface area contributed by atoms with Crippen molar-refractivity contribution >= 4 is 29.0 Å². The number of carbonyl (C=O) groups excluding carboxylic acids is 2. The van der Waals surface area contributed by atoms with Gasteiger partial charge in [-0.15, -0.1) is 0 Å². The number of nitrogens with one attached hydrogen (secondary N) is 1. The molecule has 1 aromatic carbocycles. The zero-order chi connectivity index (χ0) is 26.7. The van der Waals surface area contributed by atoms with Gasteiger partial charge in [-0.2, -0.15) is 13.2 Å². The maximum Gasteiger partial charge on any atom is 0.391 e. The Morgan fingerprint density at radius 3 is 2.54 bits per heavy atom. The van der Waals surface area contributed by atoms with E-state index in [9.17, 15) is 22.8 Å². The number of hydrogen-bond donors (Lipinski definition) is 1. The molecule has 1 saturated heterocycles. The number of halogens is 3. The highest BCUT2D eigenvalue weighted by Crippen LogP contribution is 2.39. The predicted octanol–water partition coefficient (Wildman–Crippen LogP) is 6.85. The number of piperidine rings is 1. The Bertz CT molecular complexity index is 1120. The number of nitrogens with zero attached hydrogens (tertiary/aromatic N) is 3. The Labute approximate surface area is 216 Å². The van der Waals surface area contributed by atoms with Crippen molar-refractivity contribution in [3.8, 4) is 0 Å². The van der Waals surface area contributed by atoms with E-state index in [4.69, 9.17) is 0 Å². The second-order valence-corrected chi connectivity index (χ2v) is 10.4. The standard InChI is InChI=1S/C28H35F3N4O2/c1-4-18(2)7-8-20-9-11-21(12-10-20)32-27(37)35-22-6-5-15-34(17-22)24-14-13-23(33-26(24)35)25(36)16-19(3)28(29,30)31/h9-14,18-19,22H,4-8,15-17H2,1-3H3,(H,32,37)/t18-,19-,22-/m0/s1. The molecule has 2 aliphatic heterocycles. The molecule has 2 aliphatic rings. The van der Waals surface area contributed by atoms with Gasteiger partial charge in [0.15, 0.2) is 11.6 Å². The molecule has 2 aromatic rings. The number of amides is 2. The van der Waals surface area contributed by atoms with Crippen molar-refractivity contribution in [3.63, 3.8) is 0 Å². The van der Waals surface area contributed by atoms with Crippen molar-refractivity contribution in [1.82, 2.24) is 4.98 Å². The van der Waals surface area contributed by atoms with E-state index in [1.807, 2.05) is 24.3 Å². The number of ketones is 1. The van der Waals surface area contributed by atoms with Gasteiger partial charge in [-0.1, -0.05) is 39.3 Å². The van der Waals surface area contributed by atoms with E-state index in [0.717, 1.165) is 45.6 Å². The summed E-state index contributed by atoms with van der Waals surface area (Å²) < 4.78 is 39.0.